The van der Waals surface area contributed by atoms with Crippen molar-refractivity contribution >= 4 is 129 Å². The molecule has 112 heavy (non-hydrogen) atoms. The fourth-order valence-corrected chi connectivity index (χ4v) is 11.3. The van der Waals surface area contributed by atoms with E-state index in [0.717, 1.165) is 40.2 Å². The molecule has 2 heterocycles. The van der Waals surface area contributed by atoms with Gasteiger partial charge in [0.05, 0.1) is 38.8 Å². The first kappa shape index (κ1) is 94.3. The van der Waals surface area contributed by atoms with E-state index in [2.05, 4.69) is 77.3 Å². The van der Waals surface area contributed by atoms with Crippen LogP contribution in [0.4, 0.5) is 0 Å². The quantitative estimate of drug-likeness (QED) is 0.0225. The lowest BCUT2D eigenvalue weighted by atomic mass is 9.98. The second-order valence-electron chi connectivity index (χ2n) is 27.1. The van der Waals surface area contributed by atoms with Gasteiger partial charge in [-0.25, -0.2) is 9.59 Å². The molecule has 1 aliphatic rings. The lowest BCUT2D eigenvalue weighted by Gasteiger charge is -2.30. The Balaban J connectivity index is 2.23. The number of nitrogens with one attached hydrogen (secondary N) is 14. The third-order valence-electron chi connectivity index (χ3n) is 17.5. The van der Waals surface area contributed by atoms with Crippen LogP contribution >= 0.6 is 0 Å². The standard InChI is InChI=1S/C69H103N17O26/c1-8-33(4)54-69(110)112-35(6)55(85-65(105)45(28-53(96)97)83-64(104)43(26-47(72)88)81-62(102)41(24-36-29-73-38-18-14-13-17-37(36)38)78-48(89)20-12-10-9-11-16-32(2)3)66(106)74-30-49(90)77-39(19-15-23-70)59(99)82-44(27-52(94)95)61(101)76-34(5)58(98)86-56(57(111-7)68(108)109)67(107)75-31-50(91)79-42(25-46(71)87)63(103)80-40(60(100)84-54)21-22-51(92)93/h13-14,17-18,29,32-35,39-45,54-57,73H,8-12,15-16,19-28,30-31,70H2,1-7H3,(H2,71,87)(H2,72,88)(H,74,106)(H,75,107)(H,76,101)(H,77,90)(H,78,89)(H,79,91)(H,80,103)(H,81,102)(H,82,99)(H,83,104)(H,84,100)(H,85,105)(H,86,98)(H,92,93)(H,94,95)(H,96,97)(H,108,109). The number of aliphatic carboxylic acids is 4. The van der Waals surface area contributed by atoms with Crippen LogP contribution in [0.25, 0.3) is 10.9 Å². The molecule has 43 nitrogen and oxygen atoms in total. The Bertz CT molecular complexity index is 3740. The number of fused-ring (bicyclic) bond motifs is 1. The number of benzene rings is 1. The highest BCUT2D eigenvalue weighted by molar-refractivity contribution is 6.02. The Morgan fingerprint density at radius 3 is 1.71 bits per heavy atom. The third-order valence-corrected chi connectivity index (χ3v) is 17.5. The number of unbranched alkanes of at least 4 members (excludes halogenated alkanes) is 3. The van der Waals surface area contributed by atoms with E-state index >= 15 is 0 Å². The first-order valence-electron chi connectivity index (χ1n) is 36.0. The van der Waals surface area contributed by atoms with Crippen LogP contribution < -0.4 is 86.3 Å². The average molecular weight is 1590 g/mol. The number of rotatable bonds is 35. The number of hydrogen-bond donors (Lipinski definition) is 21. The molecule has 0 radical (unpaired) electrons. The summed E-state index contributed by atoms with van der Waals surface area (Å²) in [6.45, 7) is 6.39. The number of nitrogens with two attached hydrogens (primary N) is 3. The van der Waals surface area contributed by atoms with Crippen LogP contribution in [0, 0.1) is 11.8 Å². The van der Waals surface area contributed by atoms with Crippen molar-refractivity contribution in [1.82, 2.24) is 74.1 Å². The summed E-state index contributed by atoms with van der Waals surface area (Å²) >= 11 is 0. The number of amides is 15. The SMILES string of the molecule is CCC(C)C1NC(=O)C(CCC(=O)O)NC(=O)C(CC(N)=O)NC(=O)CNC(=O)C(C(OC)C(=O)O)NC(=O)C(C)NC(=O)C(CC(=O)O)NC(=O)C(CCCN)NC(=O)CNC(=O)C(NC(=O)C(CC(=O)O)NC(=O)C(CC(N)=O)NC(=O)C(Cc2c[nH]c3ccccc23)NC(=O)CCCCCCC(C)C)C(C)OC1=O. The van der Waals surface area contributed by atoms with Gasteiger partial charge in [-0.1, -0.05) is 78.0 Å². The van der Waals surface area contributed by atoms with Crippen molar-refractivity contribution in [2.75, 3.05) is 26.7 Å². The Morgan fingerprint density at radius 2 is 1.12 bits per heavy atom. The molecule has 24 N–H and O–H groups in total. The molecule has 0 saturated carbocycles. The first-order valence-corrected chi connectivity index (χ1v) is 36.0. The lowest BCUT2D eigenvalue weighted by molar-refractivity contribution is -0.157. The molecular weight excluding hydrogens is 1480 g/mol. The topological polar surface area (TPSA) is 691 Å². The zero-order valence-corrected chi connectivity index (χ0v) is 63.0. The van der Waals surface area contributed by atoms with Gasteiger partial charge in [0.1, 0.15) is 72.6 Å². The Kier molecular flexibility index (Phi) is 39.7. The molecule has 43 heteroatoms. The van der Waals surface area contributed by atoms with Gasteiger partial charge < -0.3 is 121 Å². The summed E-state index contributed by atoms with van der Waals surface area (Å²) in [4.78, 5) is 274. The smallest absolute Gasteiger partial charge is 0.335 e. The molecule has 14 unspecified atom stereocenters. The number of aromatic amines is 1. The maximum absolute atomic E-state index is 14.7. The van der Waals surface area contributed by atoms with E-state index in [-0.39, 0.29) is 38.6 Å². The van der Waals surface area contributed by atoms with Gasteiger partial charge in [-0.15, -0.1) is 0 Å². The number of carbonyl (C=O) groups excluding carboxylic acids is 16. The fraction of sp³-hybridized carbons (Fsp3) is 0.594. The Morgan fingerprint density at radius 1 is 0.571 bits per heavy atom. The van der Waals surface area contributed by atoms with Gasteiger partial charge in [-0.2, -0.15) is 0 Å². The number of hydrogen-bond acceptors (Lipinski definition) is 23. The monoisotopic (exact) mass is 1590 g/mol. The number of carboxylic acids is 4. The maximum atomic E-state index is 14.7. The minimum atomic E-state index is -2.33. The molecule has 1 aromatic carbocycles. The molecule has 0 bridgehead atoms. The number of methoxy groups -OCH3 is 1. The fourth-order valence-electron chi connectivity index (χ4n) is 11.3. The summed E-state index contributed by atoms with van der Waals surface area (Å²) in [6, 6.07) is -15.1. The van der Waals surface area contributed by atoms with E-state index in [0.29, 0.717) is 35.2 Å². The van der Waals surface area contributed by atoms with Crippen molar-refractivity contribution in [3.8, 4) is 0 Å². The van der Waals surface area contributed by atoms with E-state index in [1.54, 1.807) is 30.5 Å². The van der Waals surface area contributed by atoms with Gasteiger partial charge in [0.25, 0.3) is 0 Å². The first-order chi connectivity index (χ1) is 52.7. The van der Waals surface area contributed by atoms with Crippen LogP contribution in [0.1, 0.15) is 143 Å². The van der Waals surface area contributed by atoms with Gasteiger partial charge in [0.2, 0.25) is 88.6 Å². The minimum absolute atomic E-state index is 0.00924. The van der Waals surface area contributed by atoms with Gasteiger partial charge in [0, 0.05) is 43.5 Å². The van der Waals surface area contributed by atoms with Crippen molar-refractivity contribution in [3.05, 3.63) is 36.0 Å². The molecule has 620 valence electrons. The number of carbonyl (C=O) groups is 20. The van der Waals surface area contributed by atoms with E-state index in [9.17, 15) is 116 Å². The van der Waals surface area contributed by atoms with Crippen LogP contribution in [0.3, 0.4) is 0 Å². The van der Waals surface area contributed by atoms with Gasteiger partial charge in [-0.3, -0.25) is 86.3 Å². The second-order valence-corrected chi connectivity index (χ2v) is 27.1. The van der Waals surface area contributed by atoms with Crippen LogP contribution in [-0.2, 0) is 112 Å². The largest absolute Gasteiger partial charge is 0.481 e. The Labute approximate surface area is 641 Å². The van der Waals surface area contributed by atoms with Crippen LogP contribution in [0.15, 0.2) is 30.5 Å². The molecule has 1 saturated heterocycles. The van der Waals surface area contributed by atoms with Gasteiger partial charge in [-0.05, 0) is 69.5 Å². The van der Waals surface area contributed by atoms with Crippen molar-refractivity contribution in [2.45, 2.75) is 223 Å². The number of esters is 1. The number of cyclic esters (lactones) is 1. The number of aromatic nitrogens is 1. The van der Waals surface area contributed by atoms with Crippen molar-refractivity contribution in [1.29, 1.82) is 0 Å². The van der Waals surface area contributed by atoms with Crippen LogP contribution in [-0.4, -0.2) is 249 Å². The Hall–Kier alpha value is -11.9. The summed E-state index contributed by atoms with van der Waals surface area (Å²) in [5.41, 5.74) is 17.9. The maximum Gasteiger partial charge on any atom is 0.335 e. The predicted molar refractivity (Wildman–Crippen MR) is 388 cm³/mol. The second kappa shape index (κ2) is 47.2. The highest BCUT2D eigenvalue weighted by atomic mass is 16.5. The number of primary amides is 2. The number of para-hydroxylation sites is 1. The normalized spacial score (nSPS) is 21.8. The zero-order valence-electron chi connectivity index (χ0n) is 63.0. The molecule has 15 amide bonds. The summed E-state index contributed by atoms with van der Waals surface area (Å²) in [5, 5.41) is 68.7. The number of H-pyrrole nitrogens is 1. The van der Waals surface area contributed by atoms with Gasteiger partial charge in [0.15, 0.2) is 6.10 Å². The zero-order chi connectivity index (χ0) is 84.2. The molecule has 2 aromatic rings. The minimum Gasteiger partial charge on any atom is -0.481 e. The van der Waals surface area contributed by atoms with E-state index in [1.165, 1.54) is 13.8 Å². The number of carboxylic acid groups (broad SMARTS) is 4. The van der Waals surface area contributed by atoms with Crippen molar-refractivity contribution in [2.24, 2.45) is 29.0 Å². The molecule has 0 aliphatic carbocycles. The summed E-state index contributed by atoms with van der Waals surface area (Å²) in [7, 11) is 0.795. The van der Waals surface area contributed by atoms with Crippen LogP contribution in [0.2, 0.25) is 0 Å². The lowest BCUT2D eigenvalue weighted by Crippen LogP contribution is -2.62. The number of ether oxygens (including phenoxy) is 2. The molecule has 14 atom stereocenters. The summed E-state index contributed by atoms with van der Waals surface area (Å²) < 4.78 is 10.6. The van der Waals surface area contributed by atoms with Crippen molar-refractivity contribution in [3.63, 3.8) is 0 Å². The molecule has 1 aromatic heterocycles. The third kappa shape index (κ3) is 32.7. The van der Waals surface area contributed by atoms with Crippen molar-refractivity contribution < 1.29 is 126 Å². The summed E-state index contributed by atoms with van der Waals surface area (Å²) in [5.74, 6) is -28.6. The highest BCUT2D eigenvalue weighted by Crippen LogP contribution is 2.21. The molecular formula is C69H103N17O26. The molecule has 1 fully saturated rings. The molecule has 0 spiro atoms. The molecule has 3 rings (SSSR count). The van der Waals surface area contributed by atoms with Crippen LogP contribution in [0.5, 0.6) is 0 Å². The average Bonchev–Trinajstić information content (AvgIpc) is 1.65. The molecule has 1 aliphatic heterocycles. The van der Waals surface area contributed by atoms with E-state index < -0.39 is 255 Å². The highest BCUT2D eigenvalue weighted by Gasteiger charge is 2.42. The van der Waals surface area contributed by atoms with E-state index in [4.69, 9.17) is 26.7 Å². The van der Waals surface area contributed by atoms with Gasteiger partial charge >= 0.3 is 29.8 Å². The summed E-state index contributed by atoms with van der Waals surface area (Å²) in [6.07, 6.45) is -5.87. The predicted octanol–water partition coefficient (Wildman–Crippen LogP) is -6.31. The van der Waals surface area contributed by atoms with E-state index in [1.807, 2.05) is 10.6 Å².